The first kappa shape index (κ1) is 22.3. The summed E-state index contributed by atoms with van der Waals surface area (Å²) in [5.74, 6) is -0.480. The van der Waals surface area contributed by atoms with Crippen LogP contribution in [0.3, 0.4) is 0 Å². The Hall–Kier alpha value is -3.41. The van der Waals surface area contributed by atoms with E-state index in [4.69, 9.17) is 0 Å². The van der Waals surface area contributed by atoms with Gasteiger partial charge < -0.3 is 0 Å². The summed E-state index contributed by atoms with van der Waals surface area (Å²) in [7, 11) is -3.76. The zero-order chi connectivity index (χ0) is 22.6. The molecule has 0 saturated carbocycles. The van der Waals surface area contributed by atoms with Crippen LogP contribution in [0.15, 0.2) is 72.7 Å². The maximum Gasteiger partial charge on any atom is 0.271 e. The third kappa shape index (κ3) is 4.85. The van der Waals surface area contributed by atoms with Crippen LogP contribution in [0.4, 0.5) is 10.8 Å². The Bertz CT molecular complexity index is 1260. The van der Waals surface area contributed by atoms with Gasteiger partial charge in [0.15, 0.2) is 5.13 Å². The van der Waals surface area contributed by atoms with Crippen LogP contribution in [0.2, 0.25) is 0 Å². The van der Waals surface area contributed by atoms with E-state index >= 15 is 0 Å². The number of aromatic nitrogens is 1. The lowest BCUT2D eigenvalue weighted by Crippen LogP contribution is -2.31. The molecule has 1 amide bonds. The van der Waals surface area contributed by atoms with E-state index in [1.807, 2.05) is 0 Å². The molecule has 0 spiro atoms. The van der Waals surface area contributed by atoms with Crippen LogP contribution < -0.4 is 5.32 Å². The van der Waals surface area contributed by atoms with Gasteiger partial charge in [-0.3, -0.25) is 20.2 Å². The van der Waals surface area contributed by atoms with Gasteiger partial charge in [-0.25, -0.2) is 13.4 Å². The number of nitro benzene ring substituents is 1. The smallest absolute Gasteiger partial charge is 0.271 e. The molecule has 0 unspecified atom stereocenters. The van der Waals surface area contributed by atoms with E-state index in [1.165, 1.54) is 64.2 Å². The molecule has 9 nitrogen and oxygen atoms in total. The van der Waals surface area contributed by atoms with E-state index in [1.54, 1.807) is 6.07 Å². The lowest BCUT2D eigenvalue weighted by atomic mass is 10.2. The second-order valence-electron chi connectivity index (χ2n) is 6.31. The lowest BCUT2D eigenvalue weighted by Gasteiger charge is -2.19. The zero-order valence-corrected chi connectivity index (χ0v) is 17.9. The molecule has 2 aromatic carbocycles. The van der Waals surface area contributed by atoms with Crippen molar-refractivity contribution < 1.29 is 18.1 Å². The van der Waals surface area contributed by atoms with Crippen molar-refractivity contribution in [3.8, 4) is 0 Å². The SMILES string of the molecule is C=CCN(CC=C)S(=O)(=O)c1ccc(C(=O)Nc2nc3cc([N+](=O)[O-])ccc3s2)cc1. The summed E-state index contributed by atoms with van der Waals surface area (Å²) in [6.07, 6.45) is 2.96. The van der Waals surface area contributed by atoms with Crippen LogP contribution in [-0.2, 0) is 10.0 Å². The molecule has 1 aromatic heterocycles. The Morgan fingerprint density at radius 1 is 1.16 bits per heavy atom. The van der Waals surface area contributed by atoms with Gasteiger partial charge in [0.05, 0.1) is 20.0 Å². The maximum absolute atomic E-state index is 12.7. The van der Waals surface area contributed by atoms with E-state index in [2.05, 4.69) is 23.5 Å². The zero-order valence-electron chi connectivity index (χ0n) is 16.2. The Kier molecular flexibility index (Phi) is 6.59. The van der Waals surface area contributed by atoms with E-state index in [0.717, 1.165) is 0 Å². The van der Waals surface area contributed by atoms with Crippen molar-refractivity contribution in [2.75, 3.05) is 18.4 Å². The summed E-state index contributed by atoms with van der Waals surface area (Å²) in [5.41, 5.74) is 0.554. The Balaban J connectivity index is 1.78. The number of carbonyl (C=O) groups excluding carboxylic acids is 1. The number of nitrogens with zero attached hydrogens (tertiary/aromatic N) is 3. The number of thiazole rings is 1. The van der Waals surface area contributed by atoms with Gasteiger partial charge in [-0.05, 0) is 30.3 Å². The molecule has 3 aromatic rings. The number of sulfonamides is 1. The summed E-state index contributed by atoms with van der Waals surface area (Å²) in [6, 6.07) is 9.78. The van der Waals surface area contributed by atoms with Gasteiger partial charge in [0.25, 0.3) is 11.6 Å². The number of rotatable bonds is 9. The highest BCUT2D eigenvalue weighted by Gasteiger charge is 2.23. The molecule has 0 aliphatic heterocycles. The fourth-order valence-electron chi connectivity index (χ4n) is 2.74. The van der Waals surface area contributed by atoms with Gasteiger partial charge >= 0.3 is 0 Å². The molecular formula is C20H18N4O5S2. The number of amides is 1. The first-order chi connectivity index (χ1) is 14.8. The number of nitrogens with one attached hydrogen (secondary N) is 1. The predicted octanol–water partition coefficient (Wildman–Crippen LogP) is 3.82. The van der Waals surface area contributed by atoms with Crippen molar-refractivity contribution in [1.82, 2.24) is 9.29 Å². The van der Waals surface area contributed by atoms with Crippen molar-refractivity contribution in [2.45, 2.75) is 4.90 Å². The third-order valence-electron chi connectivity index (χ3n) is 4.22. The van der Waals surface area contributed by atoms with Crippen molar-refractivity contribution in [3.05, 3.63) is 83.5 Å². The van der Waals surface area contributed by atoms with Gasteiger partial charge in [-0.15, -0.1) is 13.2 Å². The highest BCUT2D eigenvalue weighted by atomic mass is 32.2. The Morgan fingerprint density at radius 3 is 2.39 bits per heavy atom. The van der Waals surface area contributed by atoms with Crippen LogP contribution in [-0.4, -0.2) is 41.6 Å². The van der Waals surface area contributed by atoms with Crippen molar-refractivity contribution in [1.29, 1.82) is 0 Å². The quantitative estimate of drug-likeness (QED) is 0.295. The second-order valence-corrected chi connectivity index (χ2v) is 9.27. The summed E-state index contributed by atoms with van der Waals surface area (Å²) >= 11 is 1.18. The minimum Gasteiger partial charge on any atom is -0.298 e. The first-order valence-corrected chi connectivity index (χ1v) is 11.2. The lowest BCUT2D eigenvalue weighted by molar-refractivity contribution is -0.384. The van der Waals surface area contributed by atoms with Crippen molar-refractivity contribution in [2.24, 2.45) is 0 Å². The van der Waals surface area contributed by atoms with Crippen LogP contribution in [0, 0.1) is 10.1 Å². The molecule has 31 heavy (non-hydrogen) atoms. The number of fused-ring (bicyclic) bond motifs is 1. The van der Waals surface area contributed by atoms with Crippen LogP contribution in [0.5, 0.6) is 0 Å². The number of benzene rings is 2. The molecule has 1 heterocycles. The molecular weight excluding hydrogens is 440 g/mol. The molecule has 0 atom stereocenters. The molecule has 0 saturated heterocycles. The largest absolute Gasteiger partial charge is 0.298 e. The number of anilines is 1. The summed E-state index contributed by atoms with van der Waals surface area (Å²) < 4.78 is 27.4. The molecule has 11 heteroatoms. The average Bonchev–Trinajstić information content (AvgIpc) is 3.15. The molecule has 160 valence electrons. The second kappa shape index (κ2) is 9.16. The average molecular weight is 459 g/mol. The number of non-ortho nitro benzene ring substituents is 1. The van der Waals surface area contributed by atoms with Gasteiger partial charge in [0, 0.05) is 30.8 Å². The highest BCUT2D eigenvalue weighted by molar-refractivity contribution is 7.89. The van der Waals surface area contributed by atoms with E-state index in [0.29, 0.717) is 10.2 Å². The van der Waals surface area contributed by atoms with Crippen molar-refractivity contribution in [3.63, 3.8) is 0 Å². The van der Waals surface area contributed by atoms with Crippen LogP contribution in [0.25, 0.3) is 10.2 Å². The normalized spacial score (nSPS) is 11.4. The molecule has 0 aliphatic rings. The highest BCUT2D eigenvalue weighted by Crippen LogP contribution is 2.29. The maximum atomic E-state index is 12.7. The number of carbonyl (C=O) groups is 1. The molecule has 0 bridgehead atoms. The van der Waals surface area contributed by atoms with Gasteiger partial charge in [0.2, 0.25) is 10.0 Å². The summed E-state index contributed by atoms with van der Waals surface area (Å²) in [6.45, 7) is 7.39. The minimum absolute atomic E-state index is 0.0417. The standard InChI is InChI=1S/C20H18N4O5S2/c1-3-11-23(12-4-2)31(28,29)16-8-5-14(6-9-16)19(25)22-20-21-17-13-15(24(26)27)7-10-18(17)30-20/h3-10,13H,1-2,11-12H2,(H,21,22,25). The van der Waals surface area contributed by atoms with Gasteiger partial charge in [-0.1, -0.05) is 23.5 Å². The fraction of sp³-hybridized carbons (Fsp3) is 0.100. The third-order valence-corrected chi connectivity index (χ3v) is 7.02. The van der Waals surface area contributed by atoms with Gasteiger partial charge in [-0.2, -0.15) is 4.31 Å². The molecule has 0 fully saturated rings. The Morgan fingerprint density at radius 2 is 1.81 bits per heavy atom. The molecule has 0 radical (unpaired) electrons. The minimum atomic E-state index is -3.76. The number of hydrogen-bond donors (Lipinski definition) is 1. The van der Waals surface area contributed by atoms with Crippen LogP contribution >= 0.6 is 11.3 Å². The van der Waals surface area contributed by atoms with E-state index in [-0.39, 0.29) is 34.4 Å². The fourth-order valence-corrected chi connectivity index (χ4v) is 4.96. The molecule has 1 N–H and O–H groups in total. The molecule has 0 aliphatic carbocycles. The monoisotopic (exact) mass is 458 g/mol. The van der Waals surface area contributed by atoms with Crippen molar-refractivity contribution >= 4 is 48.3 Å². The summed E-state index contributed by atoms with van der Waals surface area (Å²) in [4.78, 5) is 27.1. The summed E-state index contributed by atoms with van der Waals surface area (Å²) in [5, 5.41) is 13.8. The first-order valence-electron chi connectivity index (χ1n) is 8.94. The number of nitro groups is 1. The van der Waals surface area contributed by atoms with E-state index in [9.17, 15) is 23.3 Å². The van der Waals surface area contributed by atoms with Crippen LogP contribution in [0.1, 0.15) is 10.4 Å². The van der Waals surface area contributed by atoms with Gasteiger partial charge in [0.1, 0.15) is 0 Å². The molecule has 3 rings (SSSR count). The Labute approximate surface area is 182 Å². The van der Waals surface area contributed by atoms with E-state index < -0.39 is 20.9 Å². The topological polar surface area (TPSA) is 123 Å². The predicted molar refractivity (Wildman–Crippen MR) is 120 cm³/mol. The number of hydrogen-bond acceptors (Lipinski definition) is 7.